The van der Waals surface area contributed by atoms with E-state index in [1.54, 1.807) is 32.4 Å². The minimum absolute atomic E-state index is 0.204. The Kier molecular flexibility index (Phi) is 4.16. The lowest BCUT2D eigenvalue weighted by atomic mass is 10.1. The third-order valence-corrected chi connectivity index (χ3v) is 4.10. The SMILES string of the molecule is COc1ccc(NC(=O)c2[nH]c3cc(C)ccc3c2C)c(OC)c1. The predicted octanol–water partition coefficient (Wildman–Crippen LogP) is 4.05. The minimum atomic E-state index is -0.204. The first-order valence-electron chi connectivity index (χ1n) is 7.65. The predicted molar refractivity (Wildman–Crippen MR) is 95.3 cm³/mol. The van der Waals surface area contributed by atoms with E-state index in [1.807, 2.05) is 32.0 Å². The Morgan fingerprint density at radius 3 is 2.54 bits per heavy atom. The van der Waals surface area contributed by atoms with Crippen molar-refractivity contribution in [2.75, 3.05) is 19.5 Å². The van der Waals surface area contributed by atoms with Crippen molar-refractivity contribution in [2.45, 2.75) is 13.8 Å². The highest BCUT2D eigenvalue weighted by Crippen LogP contribution is 2.30. The lowest BCUT2D eigenvalue weighted by Crippen LogP contribution is -2.14. The molecular weight excluding hydrogens is 304 g/mol. The minimum Gasteiger partial charge on any atom is -0.497 e. The maximum atomic E-state index is 12.7. The molecule has 0 spiro atoms. The van der Waals surface area contributed by atoms with Gasteiger partial charge in [-0.15, -0.1) is 0 Å². The first-order valence-corrected chi connectivity index (χ1v) is 7.65. The Morgan fingerprint density at radius 2 is 1.83 bits per heavy atom. The molecule has 0 fully saturated rings. The molecular formula is C19H20N2O3. The van der Waals surface area contributed by atoms with E-state index in [-0.39, 0.29) is 5.91 Å². The van der Waals surface area contributed by atoms with Gasteiger partial charge in [-0.1, -0.05) is 12.1 Å². The molecule has 1 heterocycles. The molecule has 124 valence electrons. The quantitative estimate of drug-likeness (QED) is 0.761. The largest absolute Gasteiger partial charge is 0.497 e. The first-order chi connectivity index (χ1) is 11.5. The van der Waals surface area contributed by atoms with Gasteiger partial charge in [0.2, 0.25) is 0 Å². The van der Waals surface area contributed by atoms with Gasteiger partial charge in [0.1, 0.15) is 17.2 Å². The number of aromatic amines is 1. The molecule has 0 radical (unpaired) electrons. The third kappa shape index (κ3) is 2.80. The first kappa shape index (κ1) is 15.9. The van der Waals surface area contributed by atoms with Gasteiger partial charge >= 0.3 is 0 Å². The Labute approximate surface area is 140 Å². The number of carbonyl (C=O) groups is 1. The summed E-state index contributed by atoms with van der Waals surface area (Å²) in [6.07, 6.45) is 0. The standard InChI is InChI=1S/C19H20N2O3/c1-11-5-7-14-12(2)18(20-16(14)9-11)19(22)21-15-8-6-13(23-3)10-17(15)24-4/h5-10,20H,1-4H3,(H,21,22). The van der Waals surface area contributed by atoms with Gasteiger partial charge in [-0.25, -0.2) is 0 Å². The number of fused-ring (bicyclic) bond motifs is 1. The summed E-state index contributed by atoms with van der Waals surface area (Å²) in [5.74, 6) is 1.01. The summed E-state index contributed by atoms with van der Waals surface area (Å²) >= 11 is 0. The molecule has 0 atom stereocenters. The molecule has 5 heteroatoms. The molecule has 0 unspecified atom stereocenters. The summed E-state index contributed by atoms with van der Waals surface area (Å²) in [5.41, 5.74) is 4.17. The Bertz CT molecular complexity index is 912. The summed E-state index contributed by atoms with van der Waals surface area (Å²) < 4.78 is 10.5. The fourth-order valence-corrected chi connectivity index (χ4v) is 2.77. The number of methoxy groups -OCH3 is 2. The highest BCUT2D eigenvalue weighted by atomic mass is 16.5. The van der Waals surface area contributed by atoms with Crippen molar-refractivity contribution >= 4 is 22.5 Å². The average molecular weight is 324 g/mol. The zero-order chi connectivity index (χ0) is 17.3. The van der Waals surface area contributed by atoms with Crippen molar-refractivity contribution in [3.63, 3.8) is 0 Å². The van der Waals surface area contributed by atoms with Crippen LogP contribution in [0, 0.1) is 13.8 Å². The molecule has 3 rings (SSSR count). The smallest absolute Gasteiger partial charge is 0.272 e. The zero-order valence-electron chi connectivity index (χ0n) is 14.2. The van der Waals surface area contributed by atoms with E-state index >= 15 is 0 Å². The molecule has 0 saturated heterocycles. The number of hydrogen-bond acceptors (Lipinski definition) is 3. The van der Waals surface area contributed by atoms with E-state index in [1.165, 1.54) is 0 Å². The number of amides is 1. The van der Waals surface area contributed by atoms with Gasteiger partial charge in [-0.05, 0) is 43.2 Å². The number of rotatable bonds is 4. The summed E-state index contributed by atoms with van der Waals surface area (Å²) in [6, 6.07) is 11.4. The van der Waals surface area contributed by atoms with Crippen molar-refractivity contribution in [1.82, 2.24) is 4.98 Å². The van der Waals surface area contributed by atoms with E-state index in [0.29, 0.717) is 22.9 Å². The van der Waals surface area contributed by atoms with Crippen LogP contribution in [0.25, 0.3) is 10.9 Å². The molecule has 2 N–H and O–H groups in total. The number of benzene rings is 2. The van der Waals surface area contributed by atoms with Crippen LogP contribution >= 0.6 is 0 Å². The number of aromatic nitrogens is 1. The van der Waals surface area contributed by atoms with Crippen LogP contribution in [-0.4, -0.2) is 25.1 Å². The van der Waals surface area contributed by atoms with E-state index in [0.717, 1.165) is 22.0 Å². The average Bonchev–Trinajstić information content (AvgIpc) is 2.91. The maximum absolute atomic E-state index is 12.7. The van der Waals surface area contributed by atoms with Crippen LogP contribution in [0.3, 0.4) is 0 Å². The van der Waals surface area contributed by atoms with Gasteiger partial charge in [0.15, 0.2) is 0 Å². The molecule has 0 saturated carbocycles. The van der Waals surface area contributed by atoms with Crippen LogP contribution < -0.4 is 14.8 Å². The molecule has 24 heavy (non-hydrogen) atoms. The topological polar surface area (TPSA) is 63.3 Å². The summed E-state index contributed by atoms with van der Waals surface area (Å²) in [5, 5.41) is 3.94. The highest BCUT2D eigenvalue weighted by Gasteiger charge is 2.16. The number of carbonyl (C=O) groups excluding carboxylic acids is 1. The zero-order valence-corrected chi connectivity index (χ0v) is 14.2. The van der Waals surface area contributed by atoms with Crippen LogP contribution in [0.4, 0.5) is 5.69 Å². The molecule has 0 aliphatic rings. The molecule has 0 aliphatic carbocycles. The number of H-pyrrole nitrogens is 1. The monoisotopic (exact) mass is 324 g/mol. The van der Waals surface area contributed by atoms with E-state index in [2.05, 4.69) is 10.3 Å². The second-order valence-electron chi connectivity index (χ2n) is 5.69. The molecule has 3 aromatic rings. The van der Waals surface area contributed by atoms with E-state index < -0.39 is 0 Å². The normalized spacial score (nSPS) is 10.7. The van der Waals surface area contributed by atoms with Crippen LogP contribution in [-0.2, 0) is 0 Å². The molecule has 0 bridgehead atoms. The Hall–Kier alpha value is -2.95. The Balaban J connectivity index is 1.94. The lowest BCUT2D eigenvalue weighted by molar-refractivity contribution is 0.102. The van der Waals surface area contributed by atoms with Crippen molar-refractivity contribution in [3.8, 4) is 11.5 Å². The molecule has 0 aliphatic heterocycles. The van der Waals surface area contributed by atoms with E-state index in [9.17, 15) is 4.79 Å². The number of hydrogen-bond donors (Lipinski definition) is 2. The molecule has 1 amide bonds. The van der Waals surface area contributed by atoms with Gasteiger partial charge in [0.05, 0.1) is 19.9 Å². The van der Waals surface area contributed by atoms with Gasteiger partial charge in [0.25, 0.3) is 5.91 Å². The van der Waals surface area contributed by atoms with Gasteiger partial charge in [0, 0.05) is 17.0 Å². The number of aryl methyl sites for hydroxylation is 2. The lowest BCUT2D eigenvalue weighted by Gasteiger charge is -2.11. The maximum Gasteiger partial charge on any atom is 0.272 e. The van der Waals surface area contributed by atoms with Crippen molar-refractivity contribution in [1.29, 1.82) is 0 Å². The summed E-state index contributed by atoms with van der Waals surface area (Å²) in [7, 11) is 3.14. The molecule has 5 nitrogen and oxygen atoms in total. The van der Waals surface area contributed by atoms with Crippen molar-refractivity contribution in [3.05, 3.63) is 53.2 Å². The van der Waals surface area contributed by atoms with Crippen LogP contribution in [0.1, 0.15) is 21.6 Å². The van der Waals surface area contributed by atoms with Crippen LogP contribution in [0.15, 0.2) is 36.4 Å². The fourth-order valence-electron chi connectivity index (χ4n) is 2.77. The number of nitrogens with one attached hydrogen (secondary N) is 2. The van der Waals surface area contributed by atoms with Crippen LogP contribution in [0.2, 0.25) is 0 Å². The number of anilines is 1. The summed E-state index contributed by atoms with van der Waals surface area (Å²) in [4.78, 5) is 15.9. The second-order valence-corrected chi connectivity index (χ2v) is 5.69. The van der Waals surface area contributed by atoms with Crippen LogP contribution in [0.5, 0.6) is 11.5 Å². The van der Waals surface area contributed by atoms with Gasteiger partial charge < -0.3 is 19.8 Å². The Morgan fingerprint density at radius 1 is 1.04 bits per heavy atom. The summed E-state index contributed by atoms with van der Waals surface area (Å²) in [6.45, 7) is 3.96. The number of ether oxygens (including phenoxy) is 2. The molecule has 1 aromatic heterocycles. The van der Waals surface area contributed by atoms with Crippen molar-refractivity contribution < 1.29 is 14.3 Å². The molecule has 2 aromatic carbocycles. The van der Waals surface area contributed by atoms with Crippen molar-refractivity contribution in [2.24, 2.45) is 0 Å². The van der Waals surface area contributed by atoms with E-state index in [4.69, 9.17) is 9.47 Å². The fraction of sp³-hybridized carbons (Fsp3) is 0.211. The second kappa shape index (κ2) is 6.28. The third-order valence-electron chi connectivity index (χ3n) is 4.10. The van der Waals surface area contributed by atoms with Gasteiger partial charge in [-0.3, -0.25) is 4.79 Å². The van der Waals surface area contributed by atoms with Gasteiger partial charge in [-0.2, -0.15) is 0 Å². The highest BCUT2D eigenvalue weighted by molar-refractivity contribution is 6.08.